The summed E-state index contributed by atoms with van der Waals surface area (Å²) < 4.78 is 37.5. The van der Waals surface area contributed by atoms with E-state index in [-0.39, 0.29) is 5.02 Å². The fraction of sp³-hybridized carbons (Fsp3) is 0.111. The van der Waals surface area contributed by atoms with Gasteiger partial charge in [0.25, 0.3) is 0 Å². The van der Waals surface area contributed by atoms with E-state index >= 15 is 0 Å². The number of alkyl halides is 3. The van der Waals surface area contributed by atoms with Crippen molar-refractivity contribution in [2.75, 3.05) is 5.32 Å². The predicted octanol–water partition coefficient (Wildman–Crippen LogP) is 2.38. The van der Waals surface area contributed by atoms with Crippen molar-refractivity contribution in [2.24, 2.45) is 0 Å². The standard InChI is InChI=1S/C9H5ClF3NO3/c10-4-1-2-5(9(11,12)13)6(3-4)14-7(15)8(16)17/h1-3H,(H,14,15)(H,16,17). The van der Waals surface area contributed by atoms with Crippen molar-refractivity contribution in [3.63, 3.8) is 0 Å². The number of carbonyl (C=O) groups is 2. The number of aliphatic carboxylic acids is 1. The number of carboxylic acid groups (broad SMARTS) is 1. The number of hydrogen-bond acceptors (Lipinski definition) is 2. The van der Waals surface area contributed by atoms with Crippen molar-refractivity contribution in [1.29, 1.82) is 0 Å². The van der Waals surface area contributed by atoms with Crippen molar-refractivity contribution < 1.29 is 27.9 Å². The van der Waals surface area contributed by atoms with E-state index in [9.17, 15) is 22.8 Å². The van der Waals surface area contributed by atoms with E-state index in [1.807, 2.05) is 0 Å². The molecule has 0 aliphatic rings. The summed E-state index contributed by atoms with van der Waals surface area (Å²) in [4.78, 5) is 21.0. The zero-order chi connectivity index (χ0) is 13.2. The topological polar surface area (TPSA) is 66.4 Å². The lowest BCUT2D eigenvalue weighted by Crippen LogP contribution is -2.23. The molecule has 0 radical (unpaired) electrons. The summed E-state index contributed by atoms with van der Waals surface area (Å²) in [5, 5.41) is 9.84. The van der Waals surface area contributed by atoms with E-state index in [1.165, 1.54) is 0 Å². The number of rotatable bonds is 1. The molecular formula is C9H5ClF3NO3. The summed E-state index contributed by atoms with van der Waals surface area (Å²) in [5.41, 5.74) is -1.87. The molecule has 1 aromatic rings. The lowest BCUT2D eigenvalue weighted by atomic mass is 10.1. The van der Waals surface area contributed by atoms with Crippen LogP contribution in [0.5, 0.6) is 0 Å². The largest absolute Gasteiger partial charge is 0.474 e. The number of amides is 1. The molecule has 1 rings (SSSR count). The second-order valence-electron chi connectivity index (χ2n) is 2.95. The normalized spacial score (nSPS) is 11.1. The van der Waals surface area contributed by atoms with Crippen LogP contribution in [0.1, 0.15) is 5.56 Å². The highest BCUT2D eigenvalue weighted by molar-refractivity contribution is 6.37. The third-order valence-corrected chi connectivity index (χ3v) is 1.96. The van der Waals surface area contributed by atoms with Crippen molar-refractivity contribution in [2.45, 2.75) is 6.18 Å². The third-order valence-electron chi connectivity index (χ3n) is 1.73. The summed E-state index contributed by atoms with van der Waals surface area (Å²) in [6.45, 7) is 0. The van der Waals surface area contributed by atoms with Crippen molar-refractivity contribution >= 4 is 29.2 Å². The molecule has 0 heterocycles. The molecule has 0 bridgehead atoms. The van der Waals surface area contributed by atoms with Gasteiger partial charge < -0.3 is 10.4 Å². The smallest absolute Gasteiger partial charge is 0.418 e. The second kappa shape index (κ2) is 4.62. The predicted molar refractivity (Wildman–Crippen MR) is 52.7 cm³/mol. The van der Waals surface area contributed by atoms with Gasteiger partial charge in [0.2, 0.25) is 0 Å². The number of anilines is 1. The molecule has 0 saturated carbocycles. The number of hydrogen-bond donors (Lipinski definition) is 2. The zero-order valence-electron chi connectivity index (χ0n) is 8.01. The summed E-state index contributed by atoms with van der Waals surface area (Å²) in [6.07, 6.45) is -4.72. The Morgan fingerprint density at radius 1 is 1.29 bits per heavy atom. The summed E-state index contributed by atoms with van der Waals surface area (Å²) >= 11 is 5.46. The molecule has 2 N–H and O–H groups in total. The van der Waals surface area contributed by atoms with Crippen LogP contribution >= 0.6 is 11.6 Å². The van der Waals surface area contributed by atoms with E-state index in [0.29, 0.717) is 6.07 Å². The molecule has 0 atom stereocenters. The molecule has 1 aromatic carbocycles. The Labute approximate surface area is 98.0 Å². The Balaban J connectivity index is 3.17. The van der Waals surface area contributed by atoms with Crippen LogP contribution in [0.4, 0.5) is 18.9 Å². The van der Waals surface area contributed by atoms with Gasteiger partial charge in [0.05, 0.1) is 11.3 Å². The van der Waals surface area contributed by atoms with Gasteiger partial charge >= 0.3 is 18.1 Å². The van der Waals surface area contributed by atoms with Crippen LogP contribution < -0.4 is 5.32 Å². The first kappa shape index (κ1) is 13.3. The van der Waals surface area contributed by atoms with Gasteiger partial charge in [0, 0.05) is 5.02 Å². The van der Waals surface area contributed by atoms with Crippen LogP contribution in [0.2, 0.25) is 5.02 Å². The number of carboxylic acids is 1. The molecule has 0 unspecified atom stereocenters. The van der Waals surface area contributed by atoms with Gasteiger partial charge in [-0.25, -0.2) is 4.79 Å². The minimum atomic E-state index is -4.72. The Kier molecular flexibility index (Phi) is 3.62. The summed E-state index contributed by atoms with van der Waals surface area (Å²) in [5.74, 6) is -3.46. The molecule has 1 amide bonds. The first-order valence-electron chi connectivity index (χ1n) is 4.13. The van der Waals surface area contributed by atoms with Crippen LogP contribution in [0, 0.1) is 0 Å². The molecule has 0 aliphatic carbocycles. The van der Waals surface area contributed by atoms with Crippen LogP contribution in [0.15, 0.2) is 18.2 Å². The first-order valence-corrected chi connectivity index (χ1v) is 4.50. The van der Waals surface area contributed by atoms with Gasteiger partial charge in [-0.3, -0.25) is 4.79 Å². The van der Waals surface area contributed by atoms with Gasteiger partial charge in [0.15, 0.2) is 0 Å². The van der Waals surface area contributed by atoms with Gasteiger partial charge in [0.1, 0.15) is 0 Å². The van der Waals surface area contributed by atoms with Crippen molar-refractivity contribution in [3.05, 3.63) is 28.8 Å². The highest BCUT2D eigenvalue weighted by atomic mass is 35.5. The Morgan fingerprint density at radius 3 is 2.35 bits per heavy atom. The number of halogens is 4. The lowest BCUT2D eigenvalue weighted by Gasteiger charge is -2.12. The average molecular weight is 268 g/mol. The fourth-order valence-corrected chi connectivity index (χ4v) is 1.21. The molecule has 0 spiro atoms. The van der Waals surface area contributed by atoms with E-state index in [2.05, 4.69) is 0 Å². The molecule has 8 heteroatoms. The van der Waals surface area contributed by atoms with E-state index in [4.69, 9.17) is 16.7 Å². The quantitative estimate of drug-likeness (QED) is 0.768. The highest BCUT2D eigenvalue weighted by Gasteiger charge is 2.34. The van der Waals surface area contributed by atoms with E-state index in [1.54, 1.807) is 5.32 Å². The highest BCUT2D eigenvalue weighted by Crippen LogP contribution is 2.36. The fourth-order valence-electron chi connectivity index (χ4n) is 1.04. The molecule has 0 aliphatic heterocycles. The maximum Gasteiger partial charge on any atom is 0.418 e. The number of carbonyl (C=O) groups excluding carboxylic acids is 1. The van der Waals surface area contributed by atoms with Crippen LogP contribution in [0.25, 0.3) is 0 Å². The lowest BCUT2D eigenvalue weighted by molar-refractivity contribution is -0.147. The molecule has 4 nitrogen and oxygen atoms in total. The zero-order valence-corrected chi connectivity index (χ0v) is 8.76. The molecular weight excluding hydrogens is 263 g/mol. The molecule has 0 aromatic heterocycles. The number of benzene rings is 1. The van der Waals surface area contributed by atoms with Crippen LogP contribution in [-0.2, 0) is 15.8 Å². The second-order valence-corrected chi connectivity index (χ2v) is 3.38. The SMILES string of the molecule is O=C(O)C(=O)Nc1cc(Cl)ccc1C(F)(F)F. The van der Waals surface area contributed by atoms with Gasteiger partial charge in [-0.05, 0) is 18.2 Å². The van der Waals surface area contributed by atoms with Gasteiger partial charge in [-0.1, -0.05) is 11.6 Å². The molecule has 0 saturated heterocycles. The Bertz CT molecular complexity index is 473. The number of nitrogens with one attached hydrogen (secondary N) is 1. The van der Waals surface area contributed by atoms with Gasteiger partial charge in [-0.15, -0.1) is 0 Å². The Morgan fingerprint density at radius 2 is 1.88 bits per heavy atom. The van der Waals surface area contributed by atoms with Crippen molar-refractivity contribution in [1.82, 2.24) is 0 Å². The summed E-state index contributed by atoms with van der Waals surface area (Å²) in [7, 11) is 0. The first-order chi connectivity index (χ1) is 7.71. The Hall–Kier alpha value is -1.76. The third kappa shape index (κ3) is 3.35. The van der Waals surface area contributed by atoms with E-state index in [0.717, 1.165) is 12.1 Å². The maximum atomic E-state index is 12.5. The molecule has 17 heavy (non-hydrogen) atoms. The van der Waals surface area contributed by atoms with Gasteiger partial charge in [-0.2, -0.15) is 13.2 Å². The molecule has 0 fully saturated rings. The van der Waals surface area contributed by atoms with Crippen LogP contribution in [-0.4, -0.2) is 17.0 Å². The summed E-state index contributed by atoms with van der Waals surface area (Å²) in [6, 6.07) is 2.46. The monoisotopic (exact) mass is 267 g/mol. The minimum Gasteiger partial charge on any atom is -0.474 e. The molecule has 92 valence electrons. The maximum absolute atomic E-state index is 12.5. The van der Waals surface area contributed by atoms with Crippen molar-refractivity contribution in [3.8, 4) is 0 Å². The van der Waals surface area contributed by atoms with E-state index < -0.39 is 29.3 Å². The van der Waals surface area contributed by atoms with Crippen LogP contribution in [0.3, 0.4) is 0 Å². The minimum absolute atomic E-state index is 0.0568. The average Bonchev–Trinajstić information content (AvgIpc) is 2.15.